The van der Waals surface area contributed by atoms with Crippen LogP contribution < -0.4 is 11.1 Å². The Morgan fingerprint density at radius 1 is 1.54 bits per heavy atom. The lowest BCUT2D eigenvalue weighted by molar-refractivity contribution is 0.241. The molecule has 13 heavy (non-hydrogen) atoms. The molecule has 1 atom stereocenters. The van der Waals surface area contributed by atoms with Crippen molar-refractivity contribution in [2.75, 3.05) is 13.2 Å². The van der Waals surface area contributed by atoms with Gasteiger partial charge in [-0.3, -0.25) is 4.99 Å². The van der Waals surface area contributed by atoms with E-state index in [0.717, 1.165) is 0 Å². The van der Waals surface area contributed by atoms with Crippen LogP contribution in [-0.4, -0.2) is 29.8 Å². The van der Waals surface area contributed by atoms with Crippen LogP contribution in [0.4, 0.5) is 0 Å². The maximum atomic E-state index is 8.75. The second kappa shape index (κ2) is 5.07. The van der Waals surface area contributed by atoms with Crippen molar-refractivity contribution < 1.29 is 5.11 Å². The number of nitrogens with one attached hydrogen (secondary N) is 1. The summed E-state index contributed by atoms with van der Waals surface area (Å²) in [7, 11) is 0. The molecular weight excluding hydrogens is 166 g/mol. The molecule has 78 valence electrons. The molecule has 4 N–H and O–H groups in total. The molecule has 0 bridgehead atoms. The number of hydrogen-bond acceptors (Lipinski definition) is 2. The predicted octanol–water partition coefficient (Wildman–Crippen LogP) is 0.318. The molecule has 0 radical (unpaired) electrons. The number of rotatable bonds is 3. The minimum Gasteiger partial charge on any atom is -0.396 e. The van der Waals surface area contributed by atoms with Crippen LogP contribution in [0.2, 0.25) is 0 Å². The fourth-order valence-electron chi connectivity index (χ4n) is 0.736. The summed E-state index contributed by atoms with van der Waals surface area (Å²) >= 11 is 0. The van der Waals surface area contributed by atoms with Crippen LogP contribution in [0.1, 0.15) is 27.7 Å². The molecule has 0 heterocycles. The zero-order chi connectivity index (χ0) is 10.5. The van der Waals surface area contributed by atoms with Crippen molar-refractivity contribution in [3.8, 4) is 0 Å². The number of hydrogen-bond donors (Lipinski definition) is 3. The van der Waals surface area contributed by atoms with Gasteiger partial charge in [0.05, 0.1) is 0 Å². The molecule has 4 nitrogen and oxygen atoms in total. The number of guanidine groups is 1. The van der Waals surface area contributed by atoms with Crippen molar-refractivity contribution in [3.05, 3.63) is 0 Å². The summed E-state index contributed by atoms with van der Waals surface area (Å²) in [4.78, 5) is 4.10. The summed E-state index contributed by atoms with van der Waals surface area (Å²) in [5, 5.41) is 11.8. The van der Waals surface area contributed by atoms with E-state index in [1.54, 1.807) is 0 Å². The van der Waals surface area contributed by atoms with Crippen LogP contribution >= 0.6 is 0 Å². The smallest absolute Gasteiger partial charge is 0.188 e. The van der Waals surface area contributed by atoms with Crippen molar-refractivity contribution >= 4 is 5.96 Å². The zero-order valence-electron chi connectivity index (χ0n) is 8.96. The Balaban J connectivity index is 3.89. The Morgan fingerprint density at radius 2 is 2.08 bits per heavy atom. The molecule has 0 saturated heterocycles. The average molecular weight is 187 g/mol. The highest BCUT2D eigenvalue weighted by Crippen LogP contribution is 1.98. The molecule has 0 fully saturated rings. The summed E-state index contributed by atoms with van der Waals surface area (Å²) in [6.45, 7) is 8.69. The van der Waals surface area contributed by atoms with Crippen molar-refractivity contribution in [1.82, 2.24) is 5.32 Å². The third kappa shape index (κ3) is 7.59. The lowest BCUT2D eigenvalue weighted by atomic mass is 10.1. The van der Waals surface area contributed by atoms with Gasteiger partial charge in [-0.15, -0.1) is 0 Å². The first kappa shape index (κ1) is 12.2. The quantitative estimate of drug-likeness (QED) is 0.440. The van der Waals surface area contributed by atoms with Gasteiger partial charge in [0.2, 0.25) is 0 Å². The fourth-order valence-corrected chi connectivity index (χ4v) is 0.736. The minimum atomic E-state index is -0.0595. The van der Waals surface area contributed by atoms with Gasteiger partial charge in [0.25, 0.3) is 0 Å². The van der Waals surface area contributed by atoms with Gasteiger partial charge in [0.1, 0.15) is 0 Å². The topological polar surface area (TPSA) is 70.6 Å². The maximum absolute atomic E-state index is 8.75. The Hall–Kier alpha value is -0.770. The number of aliphatic hydroxyl groups is 1. The number of nitrogens with zero attached hydrogens (tertiary/aromatic N) is 1. The van der Waals surface area contributed by atoms with Gasteiger partial charge in [-0.05, 0) is 26.7 Å². The van der Waals surface area contributed by atoms with E-state index < -0.39 is 0 Å². The Morgan fingerprint density at radius 3 is 2.46 bits per heavy atom. The minimum absolute atomic E-state index is 0.0595. The summed E-state index contributed by atoms with van der Waals surface area (Å²) in [6, 6.07) is 0. The summed E-state index contributed by atoms with van der Waals surface area (Å²) in [5.74, 6) is 0.605. The molecule has 0 saturated carbocycles. The Bertz CT molecular complexity index is 172. The van der Waals surface area contributed by atoms with E-state index in [9.17, 15) is 0 Å². The van der Waals surface area contributed by atoms with E-state index in [1.165, 1.54) is 0 Å². The molecule has 0 aromatic carbocycles. The van der Waals surface area contributed by atoms with Crippen molar-refractivity contribution in [1.29, 1.82) is 0 Å². The first-order valence-electron chi connectivity index (χ1n) is 4.54. The molecule has 0 aromatic rings. The van der Waals surface area contributed by atoms with Crippen LogP contribution in [0.3, 0.4) is 0 Å². The van der Waals surface area contributed by atoms with Crippen LogP contribution in [0.25, 0.3) is 0 Å². The van der Waals surface area contributed by atoms with E-state index in [-0.39, 0.29) is 18.1 Å². The third-order valence-electron chi connectivity index (χ3n) is 1.39. The second-order valence-corrected chi connectivity index (χ2v) is 4.39. The van der Waals surface area contributed by atoms with Gasteiger partial charge in [-0.25, -0.2) is 0 Å². The Labute approximate surface area is 80.2 Å². The molecule has 4 heteroatoms. The van der Waals surface area contributed by atoms with Crippen LogP contribution in [0, 0.1) is 5.92 Å². The highest BCUT2D eigenvalue weighted by molar-refractivity contribution is 5.78. The van der Waals surface area contributed by atoms with Gasteiger partial charge in [0, 0.05) is 18.7 Å². The van der Waals surface area contributed by atoms with Gasteiger partial charge >= 0.3 is 0 Å². The first-order chi connectivity index (χ1) is 5.85. The summed E-state index contributed by atoms with van der Waals surface area (Å²) < 4.78 is 0. The summed E-state index contributed by atoms with van der Waals surface area (Å²) in [5.41, 5.74) is 5.56. The lowest BCUT2D eigenvalue weighted by Gasteiger charge is -2.21. The fraction of sp³-hybridized carbons (Fsp3) is 0.889. The summed E-state index contributed by atoms with van der Waals surface area (Å²) in [6.07, 6.45) is 0. The van der Waals surface area contributed by atoms with E-state index in [1.807, 2.05) is 27.7 Å². The third-order valence-corrected chi connectivity index (χ3v) is 1.39. The van der Waals surface area contributed by atoms with E-state index in [0.29, 0.717) is 12.5 Å². The lowest BCUT2D eigenvalue weighted by Crippen LogP contribution is -2.45. The standard InChI is InChI=1S/C9H21N3O/c1-7(6-13)5-11-8(10)12-9(2,3)4/h7,13H,5-6H2,1-4H3,(H3,10,11,12). The Kier molecular flexibility index (Phi) is 4.77. The number of nitrogens with two attached hydrogens (primary N) is 1. The van der Waals surface area contributed by atoms with E-state index in [4.69, 9.17) is 10.8 Å². The van der Waals surface area contributed by atoms with Gasteiger partial charge in [-0.1, -0.05) is 6.92 Å². The number of aliphatic imine (C=N–C) groups is 1. The normalized spacial score (nSPS) is 15.6. The number of aliphatic hydroxyl groups excluding tert-OH is 1. The highest BCUT2D eigenvalue weighted by Gasteiger charge is 2.09. The molecule has 0 aliphatic rings. The van der Waals surface area contributed by atoms with Crippen LogP contribution in [0.5, 0.6) is 0 Å². The van der Waals surface area contributed by atoms with Crippen molar-refractivity contribution in [3.63, 3.8) is 0 Å². The van der Waals surface area contributed by atoms with Gasteiger partial charge in [0.15, 0.2) is 5.96 Å². The molecule has 0 spiro atoms. The van der Waals surface area contributed by atoms with Crippen molar-refractivity contribution in [2.24, 2.45) is 16.6 Å². The van der Waals surface area contributed by atoms with Gasteiger partial charge < -0.3 is 16.2 Å². The van der Waals surface area contributed by atoms with Crippen LogP contribution in [0.15, 0.2) is 4.99 Å². The van der Waals surface area contributed by atoms with Gasteiger partial charge in [-0.2, -0.15) is 0 Å². The monoisotopic (exact) mass is 187 g/mol. The predicted molar refractivity (Wildman–Crippen MR) is 55.6 cm³/mol. The SMILES string of the molecule is CC(CO)CN=C(N)NC(C)(C)C. The van der Waals surface area contributed by atoms with E-state index in [2.05, 4.69) is 10.3 Å². The molecule has 0 amide bonds. The molecular formula is C9H21N3O. The molecule has 0 aliphatic heterocycles. The molecule has 0 rings (SSSR count). The first-order valence-corrected chi connectivity index (χ1v) is 4.54. The largest absolute Gasteiger partial charge is 0.396 e. The van der Waals surface area contributed by atoms with E-state index >= 15 is 0 Å². The zero-order valence-corrected chi connectivity index (χ0v) is 8.96. The molecule has 1 unspecified atom stereocenters. The average Bonchev–Trinajstić information content (AvgIpc) is 1.97. The maximum Gasteiger partial charge on any atom is 0.188 e. The highest BCUT2D eigenvalue weighted by atomic mass is 16.3. The second-order valence-electron chi connectivity index (χ2n) is 4.39. The van der Waals surface area contributed by atoms with Crippen LogP contribution in [-0.2, 0) is 0 Å². The molecule has 0 aliphatic carbocycles. The van der Waals surface area contributed by atoms with Crippen molar-refractivity contribution in [2.45, 2.75) is 33.2 Å². The molecule has 0 aromatic heterocycles.